The molecule has 0 amide bonds. The Hall–Kier alpha value is -3.65. The molecule has 0 aliphatic carbocycles. The SMILES string of the molecule is FC(F)c1nc(N2CCCC2)c2oc3ccccc3c2n1.O=CO.O=c1[nH]cc(Cl)cc1C1(F)CCS(=O)(=O)CC1. The number of para-hydroxylation sites is 1. The fourth-order valence-electron chi connectivity index (χ4n) is 4.76. The van der Waals surface area contributed by atoms with Crippen molar-refractivity contribution in [2.24, 2.45) is 0 Å². The molecule has 2 fully saturated rings. The Balaban J connectivity index is 0.000000176. The van der Waals surface area contributed by atoms with Gasteiger partial charge in [-0.1, -0.05) is 23.7 Å². The lowest BCUT2D eigenvalue weighted by Crippen LogP contribution is -2.37. The third kappa shape index (κ3) is 6.81. The van der Waals surface area contributed by atoms with Gasteiger partial charge in [0.1, 0.15) is 16.8 Å². The monoisotopic (exact) mass is 614 g/mol. The van der Waals surface area contributed by atoms with Crippen LogP contribution in [0.5, 0.6) is 0 Å². The number of aromatic amines is 1. The average Bonchev–Trinajstić information content (AvgIpc) is 3.61. The molecule has 6 rings (SSSR count). The number of hydrogen-bond donors (Lipinski definition) is 2. The van der Waals surface area contributed by atoms with Gasteiger partial charge in [0.25, 0.3) is 18.5 Å². The van der Waals surface area contributed by atoms with E-state index in [-0.39, 0.29) is 41.4 Å². The standard InChI is InChI=1S/C15H13F2N3O.C10H11ClFNO3S.CH2O2/c16-13(17)14-18-11-9-5-1-2-6-10(9)21-12(11)15(19-14)20-7-3-4-8-20;11-7-5-8(9(14)13-6-7)10(12)1-3-17(15,16)4-2-10;2-1-3/h1-2,5-6,13H,3-4,7-8H2;5-6H,1-4H2,(H,13,14);1H,(H,2,3). The third-order valence-corrected chi connectivity index (χ3v) is 8.66. The number of nitrogens with zero attached hydrogens (tertiary/aromatic N) is 3. The van der Waals surface area contributed by atoms with E-state index in [9.17, 15) is 26.4 Å². The summed E-state index contributed by atoms with van der Waals surface area (Å²) < 4.78 is 69.0. The second kappa shape index (κ2) is 12.5. The number of sulfone groups is 1. The van der Waals surface area contributed by atoms with E-state index >= 15 is 0 Å². The number of H-pyrrole nitrogens is 1. The van der Waals surface area contributed by atoms with E-state index in [1.54, 1.807) is 0 Å². The van der Waals surface area contributed by atoms with Gasteiger partial charge in [0.2, 0.25) is 0 Å². The Morgan fingerprint density at radius 3 is 2.41 bits per heavy atom. The molecule has 2 N–H and O–H groups in total. The molecule has 2 aliphatic rings. The molecule has 2 aliphatic heterocycles. The third-order valence-electron chi connectivity index (χ3n) is 6.79. The number of benzene rings is 1. The molecule has 4 aromatic rings. The van der Waals surface area contributed by atoms with Crippen molar-refractivity contribution in [1.82, 2.24) is 15.0 Å². The van der Waals surface area contributed by atoms with Gasteiger partial charge < -0.3 is 19.4 Å². The summed E-state index contributed by atoms with van der Waals surface area (Å²) in [5.41, 5.74) is -0.922. The highest BCUT2D eigenvalue weighted by Gasteiger charge is 2.40. The molecule has 0 saturated carbocycles. The Morgan fingerprint density at radius 1 is 1.15 bits per heavy atom. The van der Waals surface area contributed by atoms with E-state index in [4.69, 9.17) is 25.9 Å². The summed E-state index contributed by atoms with van der Waals surface area (Å²) in [4.78, 5) is 32.3. The van der Waals surface area contributed by atoms with Crippen LogP contribution in [0.15, 0.2) is 45.7 Å². The summed E-state index contributed by atoms with van der Waals surface area (Å²) in [6.45, 7) is 1.37. The van der Waals surface area contributed by atoms with Crippen molar-refractivity contribution in [3.63, 3.8) is 0 Å². The van der Waals surface area contributed by atoms with Crippen molar-refractivity contribution in [2.45, 2.75) is 37.8 Å². The molecule has 1 aromatic carbocycles. The quantitative estimate of drug-likeness (QED) is 0.304. The smallest absolute Gasteiger partial charge is 0.297 e. The van der Waals surface area contributed by atoms with Crippen molar-refractivity contribution in [2.75, 3.05) is 29.5 Å². The van der Waals surface area contributed by atoms with Crippen molar-refractivity contribution in [3.8, 4) is 0 Å². The van der Waals surface area contributed by atoms with Gasteiger partial charge >= 0.3 is 0 Å². The molecule has 41 heavy (non-hydrogen) atoms. The van der Waals surface area contributed by atoms with Gasteiger partial charge in [0.15, 0.2) is 27.1 Å². The summed E-state index contributed by atoms with van der Waals surface area (Å²) in [5.74, 6) is -0.426. The lowest BCUT2D eigenvalue weighted by Gasteiger charge is -2.28. The maximum Gasteiger partial charge on any atom is 0.297 e. The minimum Gasteiger partial charge on any atom is -0.483 e. The van der Waals surface area contributed by atoms with Gasteiger partial charge in [0, 0.05) is 24.7 Å². The number of nitrogens with one attached hydrogen (secondary N) is 1. The number of alkyl halides is 3. The van der Waals surface area contributed by atoms with Crippen LogP contribution < -0.4 is 10.5 Å². The minimum atomic E-state index is -3.17. The van der Waals surface area contributed by atoms with Crippen LogP contribution in [0.4, 0.5) is 19.0 Å². The highest BCUT2D eigenvalue weighted by atomic mass is 35.5. The number of aromatic nitrogens is 3. The molecule has 2 saturated heterocycles. The van der Waals surface area contributed by atoms with Crippen LogP contribution in [0.25, 0.3) is 22.1 Å². The largest absolute Gasteiger partial charge is 0.483 e. The van der Waals surface area contributed by atoms with E-state index in [2.05, 4.69) is 15.0 Å². The molecule has 0 atom stereocenters. The first-order chi connectivity index (χ1) is 19.5. The molecule has 5 heterocycles. The van der Waals surface area contributed by atoms with Crippen LogP contribution in [-0.4, -0.2) is 59.5 Å². The van der Waals surface area contributed by atoms with Crippen molar-refractivity contribution < 1.29 is 35.9 Å². The Labute approximate surface area is 237 Å². The van der Waals surface area contributed by atoms with Crippen LogP contribution in [0.1, 0.15) is 43.5 Å². The molecule has 10 nitrogen and oxygen atoms in total. The summed E-state index contributed by atoms with van der Waals surface area (Å²) in [6, 6.07) is 8.60. The van der Waals surface area contributed by atoms with Gasteiger partial charge in [-0.2, -0.15) is 0 Å². The van der Waals surface area contributed by atoms with Gasteiger partial charge in [-0.15, -0.1) is 0 Å². The number of halogens is 4. The van der Waals surface area contributed by atoms with Crippen LogP contribution >= 0.6 is 11.6 Å². The zero-order chi connectivity index (χ0) is 29.8. The van der Waals surface area contributed by atoms with E-state index in [0.29, 0.717) is 22.5 Å². The van der Waals surface area contributed by atoms with E-state index in [1.165, 1.54) is 12.3 Å². The van der Waals surface area contributed by atoms with Crippen molar-refractivity contribution in [3.05, 3.63) is 63.3 Å². The first kappa shape index (κ1) is 30.3. The lowest BCUT2D eigenvalue weighted by atomic mass is 9.91. The number of carbonyl (C=O) groups is 1. The number of hydrogen-bond acceptors (Lipinski definition) is 8. The van der Waals surface area contributed by atoms with Crippen molar-refractivity contribution in [1.29, 1.82) is 0 Å². The lowest BCUT2D eigenvalue weighted by molar-refractivity contribution is -0.122. The molecule has 0 radical (unpaired) electrons. The summed E-state index contributed by atoms with van der Waals surface area (Å²) in [5, 5.41) is 7.86. The first-order valence-corrected chi connectivity index (χ1v) is 14.8. The predicted molar refractivity (Wildman–Crippen MR) is 147 cm³/mol. The summed E-state index contributed by atoms with van der Waals surface area (Å²) in [6.07, 6.45) is 0.267. The minimum absolute atomic E-state index is 0.0834. The molecular formula is C26H26ClF3N4O6S. The highest BCUT2D eigenvalue weighted by molar-refractivity contribution is 7.91. The van der Waals surface area contributed by atoms with Crippen LogP contribution in [0.3, 0.4) is 0 Å². The second-order valence-corrected chi connectivity index (χ2v) is 12.2. The van der Waals surface area contributed by atoms with Crippen LogP contribution in [0, 0.1) is 0 Å². The number of anilines is 1. The van der Waals surface area contributed by atoms with E-state index in [0.717, 1.165) is 31.3 Å². The molecule has 3 aromatic heterocycles. The number of pyridine rings is 1. The zero-order valence-corrected chi connectivity index (χ0v) is 23.1. The second-order valence-electron chi connectivity index (χ2n) is 9.46. The number of rotatable bonds is 3. The Morgan fingerprint density at radius 2 is 1.78 bits per heavy atom. The van der Waals surface area contributed by atoms with E-state index < -0.39 is 33.3 Å². The van der Waals surface area contributed by atoms with Gasteiger partial charge in [-0.05, 0) is 43.9 Å². The topological polar surface area (TPSA) is 146 Å². The summed E-state index contributed by atoms with van der Waals surface area (Å²) >= 11 is 5.70. The fourth-order valence-corrected chi connectivity index (χ4v) is 6.39. The van der Waals surface area contributed by atoms with Crippen LogP contribution in [-0.2, 0) is 20.3 Å². The van der Waals surface area contributed by atoms with Crippen LogP contribution in [0.2, 0.25) is 5.02 Å². The van der Waals surface area contributed by atoms with Gasteiger partial charge in [0.05, 0.1) is 22.1 Å². The molecule has 0 bridgehead atoms. The van der Waals surface area contributed by atoms with Gasteiger partial charge in [-0.25, -0.2) is 31.6 Å². The Kier molecular flexibility index (Phi) is 9.22. The predicted octanol–water partition coefficient (Wildman–Crippen LogP) is 5.02. The first-order valence-electron chi connectivity index (χ1n) is 12.6. The average molecular weight is 615 g/mol. The Bertz CT molecular complexity index is 1690. The number of carboxylic acid groups (broad SMARTS) is 1. The van der Waals surface area contributed by atoms with Gasteiger partial charge in [-0.3, -0.25) is 9.59 Å². The molecule has 0 spiro atoms. The number of fused-ring (bicyclic) bond motifs is 3. The maximum absolute atomic E-state index is 14.5. The molecule has 220 valence electrons. The fraction of sp³-hybridized carbons (Fsp3) is 0.385. The maximum atomic E-state index is 14.5. The zero-order valence-electron chi connectivity index (χ0n) is 21.5. The molecular weight excluding hydrogens is 589 g/mol. The molecule has 15 heteroatoms. The van der Waals surface area contributed by atoms with Crippen molar-refractivity contribution >= 4 is 55.8 Å². The molecule has 0 unspecified atom stereocenters. The normalized spacial score (nSPS) is 17.5. The highest BCUT2D eigenvalue weighted by Crippen LogP contribution is 2.37. The van der Waals surface area contributed by atoms with E-state index in [1.807, 2.05) is 29.2 Å². The summed E-state index contributed by atoms with van der Waals surface area (Å²) in [7, 11) is -3.17. The number of furan rings is 1.